The summed E-state index contributed by atoms with van der Waals surface area (Å²) in [6.07, 6.45) is 3.75. The number of methoxy groups -OCH3 is 1. The van der Waals surface area contributed by atoms with E-state index in [1.54, 1.807) is 7.11 Å². The first-order valence-electron chi connectivity index (χ1n) is 11.6. The Morgan fingerprint density at radius 1 is 1.21 bits per heavy atom. The van der Waals surface area contributed by atoms with E-state index in [1.165, 1.54) is 5.56 Å². The number of carbonyl (C=O) groups is 1. The van der Waals surface area contributed by atoms with Crippen LogP contribution in [0.5, 0.6) is 5.75 Å². The number of carbonyl (C=O) groups excluding carboxylic acids is 1. The van der Waals surface area contributed by atoms with Crippen LogP contribution in [0.2, 0.25) is 0 Å². The Kier molecular flexibility index (Phi) is 7.73. The first kappa shape index (κ1) is 23.0. The monoisotopic (exact) mass is 448 g/mol. The smallest absolute Gasteiger partial charge is 0.241 e. The molecular weight excluding hydrogens is 416 g/mol. The molecular formula is C26H32N4O3. The van der Waals surface area contributed by atoms with Crippen molar-refractivity contribution >= 4 is 5.91 Å². The maximum absolute atomic E-state index is 12.7. The van der Waals surface area contributed by atoms with Crippen LogP contribution in [0.3, 0.4) is 0 Å². The number of benzene rings is 2. The number of rotatable bonds is 9. The Bertz CT molecular complexity index is 1050. The van der Waals surface area contributed by atoms with Crippen molar-refractivity contribution in [2.45, 2.75) is 39.2 Å². The molecule has 3 aromatic rings. The molecule has 1 saturated heterocycles. The first-order chi connectivity index (χ1) is 16.1. The number of aromatic nitrogens is 2. The van der Waals surface area contributed by atoms with Gasteiger partial charge < -0.3 is 14.6 Å². The minimum absolute atomic E-state index is 0.00139. The van der Waals surface area contributed by atoms with E-state index in [0.717, 1.165) is 49.1 Å². The molecule has 7 nitrogen and oxygen atoms in total. The molecule has 0 spiro atoms. The molecule has 33 heavy (non-hydrogen) atoms. The molecule has 174 valence electrons. The predicted octanol–water partition coefficient (Wildman–Crippen LogP) is 4.01. The highest BCUT2D eigenvalue weighted by Crippen LogP contribution is 2.22. The molecule has 1 aliphatic rings. The Hall–Kier alpha value is -3.19. The topological polar surface area (TPSA) is 80.5 Å². The zero-order chi connectivity index (χ0) is 23.0. The molecule has 7 heteroatoms. The van der Waals surface area contributed by atoms with Crippen LogP contribution in [0.25, 0.3) is 11.4 Å². The second-order valence-electron chi connectivity index (χ2n) is 8.64. The summed E-state index contributed by atoms with van der Waals surface area (Å²) in [5, 5.41) is 7.27. The molecule has 0 radical (unpaired) electrons. The van der Waals surface area contributed by atoms with Gasteiger partial charge in [-0.15, -0.1) is 0 Å². The third kappa shape index (κ3) is 6.20. The fourth-order valence-corrected chi connectivity index (χ4v) is 4.30. The van der Waals surface area contributed by atoms with Gasteiger partial charge in [-0.05, 0) is 62.4 Å². The molecule has 1 amide bonds. The molecule has 1 aliphatic heterocycles. The average Bonchev–Trinajstić information content (AvgIpc) is 3.30. The van der Waals surface area contributed by atoms with Gasteiger partial charge in [-0.1, -0.05) is 41.6 Å². The van der Waals surface area contributed by atoms with E-state index in [4.69, 9.17) is 9.26 Å². The number of hydrogen-bond acceptors (Lipinski definition) is 6. The zero-order valence-corrected chi connectivity index (χ0v) is 19.4. The van der Waals surface area contributed by atoms with Gasteiger partial charge in [0.15, 0.2) is 0 Å². The SMILES string of the molecule is COc1ccc(CCCNC(=O)C2CCCN(Cc3nc(-c4ccccc4C)no3)C2)cc1. The van der Waals surface area contributed by atoms with E-state index in [2.05, 4.69) is 32.5 Å². The van der Waals surface area contributed by atoms with E-state index in [9.17, 15) is 4.79 Å². The standard InChI is InChI=1S/C26H32N4O3/c1-19-7-3-4-10-23(19)25-28-24(33-29-25)18-30-16-6-9-21(17-30)26(31)27-15-5-8-20-11-13-22(32-2)14-12-20/h3-4,7,10-14,21H,5-6,8-9,15-18H2,1-2H3,(H,27,31). The van der Waals surface area contributed by atoms with Crippen molar-refractivity contribution in [1.82, 2.24) is 20.4 Å². The van der Waals surface area contributed by atoms with Crippen molar-refractivity contribution in [3.05, 3.63) is 65.5 Å². The van der Waals surface area contributed by atoms with Crippen LogP contribution in [0.4, 0.5) is 0 Å². The highest BCUT2D eigenvalue weighted by Gasteiger charge is 2.26. The molecule has 1 unspecified atom stereocenters. The van der Waals surface area contributed by atoms with Gasteiger partial charge in [0, 0.05) is 18.7 Å². The minimum Gasteiger partial charge on any atom is -0.497 e. The van der Waals surface area contributed by atoms with Crippen molar-refractivity contribution < 1.29 is 14.1 Å². The molecule has 0 saturated carbocycles. The fourth-order valence-electron chi connectivity index (χ4n) is 4.30. The third-order valence-electron chi connectivity index (χ3n) is 6.19. The normalized spacial score (nSPS) is 16.5. The van der Waals surface area contributed by atoms with Gasteiger partial charge >= 0.3 is 0 Å². The highest BCUT2D eigenvalue weighted by atomic mass is 16.5. The molecule has 4 rings (SSSR count). The summed E-state index contributed by atoms with van der Waals surface area (Å²) in [7, 11) is 1.67. The number of ether oxygens (including phenoxy) is 1. The summed E-state index contributed by atoms with van der Waals surface area (Å²) in [5.41, 5.74) is 3.35. The first-order valence-corrected chi connectivity index (χ1v) is 11.6. The van der Waals surface area contributed by atoms with Crippen molar-refractivity contribution in [3.8, 4) is 17.1 Å². The summed E-state index contributed by atoms with van der Waals surface area (Å²) in [4.78, 5) is 19.5. The van der Waals surface area contributed by atoms with Gasteiger partial charge in [-0.3, -0.25) is 9.69 Å². The summed E-state index contributed by atoms with van der Waals surface area (Å²) >= 11 is 0. The van der Waals surface area contributed by atoms with E-state index >= 15 is 0 Å². The van der Waals surface area contributed by atoms with Crippen molar-refractivity contribution in [2.75, 3.05) is 26.7 Å². The molecule has 1 fully saturated rings. The van der Waals surface area contributed by atoms with E-state index < -0.39 is 0 Å². The lowest BCUT2D eigenvalue weighted by Crippen LogP contribution is -2.43. The molecule has 0 aliphatic carbocycles. The maximum Gasteiger partial charge on any atom is 0.241 e. The lowest BCUT2D eigenvalue weighted by Gasteiger charge is -2.30. The molecule has 1 aromatic heterocycles. The van der Waals surface area contributed by atoms with Crippen LogP contribution in [-0.4, -0.2) is 47.7 Å². The number of nitrogens with one attached hydrogen (secondary N) is 1. The van der Waals surface area contributed by atoms with Gasteiger partial charge in [0.25, 0.3) is 0 Å². The predicted molar refractivity (Wildman–Crippen MR) is 127 cm³/mol. The van der Waals surface area contributed by atoms with Crippen molar-refractivity contribution in [2.24, 2.45) is 5.92 Å². The van der Waals surface area contributed by atoms with Gasteiger partial charge in [0.1, 0.15) is 5.75 Å². The molecule has 1 N–H and O–H groups in total. The lowest BCUT2D eigenvalue weighted by atomic mass is 9.97. The van der Waals surface area contributed by atoms with E-state index in [-0.39, 0.29) is 11.8 Å². The van der Waals surface area contributed by atoms with Crippen LogP contribution in [0.1, 0.15) is 36.3 Å². The molecule has 2 aromatic carbocycles. The largest absolute Gasteiger partial charge is 0.497 e. The summed E-state index contributed by atoms with van der Waals surface area (Å²) in [5.74, 6) is 2.21. The quantitative estimate of drug-likeness (QED) is 0.498. The summed E-state index contributed by atoms with van der Waals surface area (Å²) < 4.78 is 10.7. The van der Waals surface area contributed by atoms with E-state index in [0.29, 0.717) is 31.3 Å². The molecule has 2 heterocycles. The van der Waals surface area contributed by atoms with Crippen molar-refractivity contribution in [1.29, 1.82) is 0 Å². The third-order valence-corrected chi connectivity index (χ3v) is 6.19. The molecule has 0 bridgehead atoms. The van der Waals surface area contributed by atoms with Crippen LogP contribution in [0.15, 0.2) is 53.1 Å². The van der Waals surface area contributed by atoms with Crippen molar-refractivity contribution in [3.63, 3.8) is 0 Å². The Morgan fingerprint density at radius 3 is 2.82 bits per heavy atom. The fraction of sp³-hybridized carbons (Fsp3) is 0.423. The number of nitrogens with zero attached hydrogens (tertiary/aromatic N) is 3. The minimum atomic E-state index is -0.00139. The number of amides is 1. The van der Waals surface area contributed by atoms with Gasteiger partial charge in [-0.25, -0.2) is 0 Å². The van der Waals surface area contributed by atoms with Crippen LogP contribution in [-0.2, 0) is 17.8 Å². The van der Waals surface area contributed by atoms with Crippen LogP contribution < -0.4 is 10.1 Å². The number of likely N-dealkylation sites (tertiary alicyclic amines) is 1. The highest BCUT2D eigenvalue weighted by molar-refractivity contribution is 5.78. The number of hydrogen-bond donors (Lipinski definition) is 1. The number of piperidine rings is 1. The van der Waals surface area contributed by atoms with Crippen LogP contribution in [0, 0.1) is 12.8 Å². The molecule has 1 atom stereocenters. The average molecular weight is 449 g/mol. The second-order valence-corrected chi connectivity index (χ2v) is 8.64. The van der Waals surface area contributed by atoms with E-state index in [1.807, 2.05) is 43.3 Å². The lowest BCUT2D eigenvalue weighted by molar-refractivity contribution is -0.126. The second kappa shape index (κ2) is 11.1. The Morgan fingerprint density at radius 2 is 2.03 bits per heavy atom. The summed E-state index contributed by atoms with van der Waals surface area (Å²) in [6, 6.07) is 16.1. The van der Waals surface area contributed by atoms with Gasteiger partial charge in [-0.2, -0.15) is 4.98 Å². The zero-order valence-electron chi connectivity index (χ0n) is 19.4. The maximum atomic E-state index is 12.7. The van der Waals surface area contributed by atoms with Crippen LogP contribution >= 0.6 is 0 Å². The Labute approximate surface area is 195 Å². The number of aryl methyl sites for hydroxylation is 2. The van der Waals surface area contributed by atoms with Gasteiger partial charge in [0.05, 0.1) is 19.6 Å². The summed E-state index contributed by atoms with van der Waals surface area (Å²) in [6.45, 7) is 4.94. The van der Waals surface area contributed by atoms with Gasteiger partial charge in [0.2, 0.25) is 17.6 Å². The Balaban J connectivity index is 1.22.